The van der Waals surface area contributed by atoms with Crippen LogP contribution in [0.2, 0.25) is 0 Å². The van der Waals surface area contributed by atoms with Gasteiger partial charge in [-0.25, -0.2) is 4.98 Å². The van der Waals surface area contributed by atoms with Crippen LogP contribution in [0.3, 0.4) is 0 Å². The molecule has 1 rings (SSSR count). The van der Waals surface area contributed by atoms with Gasteiger partial charge in [-0.3, -0.25) is 9.78 Å². The lowest BCUT2D eigenvalue weighted by molar-refractivity contribution is 0.865. The number of nitrogens with one attached hydrogen (secondary N) is 1. The van der Waals surface area contributed by atoms with E-state index in [1.54, 1.807) is 0 Å². The molecule has 0 fully saturated rings. The second-order valence-corrected chi connectivity index (χ2v) is 2.63. The molecule has 3 N–H and O–H groups in total. The number of hydrogen-bond acceptors (Lipinski definition) is 4. The molecular weight excluding hydrogens is 168 g/mol. The van der Waals surface area contributed by atoms with E-state index in [-0.39, 0.29) is 11.5 Å². The lowest BCUT2D eigenvalue weighted by Crippen LogP contribution is -2.17. The topological polar surface area (TPSA) is 95.6 Å². The summed E-state index contributed by atoms with van der Waals surface area (Å²) in [6, 6.07) is 1.81. The Bertz CT molecular complexity index is 402. The first-order valence-electron chi connectivity index (χ1n) is 3.97. The molecule has 68 valence electrons. The molecule has 0 saturated heterocycles. The number of aromatic nitrogens is 2. The molecule has 0 atom stereocenters. The Morgan fingerprint density at radius 1 is 1.69 bits per heavy atom. The van der Waals surface area contributed by atoms with E-state index in [1.807, 2.05) is 13.0 Å². The number of anilines is 1. The summed E-state index contributed by atoms with van der Waals surface area (Å²) in [6.45, 7) is 1.94. The molecule has 5 nitrogen and oxygen atoms in total. The van der Waals surface area contributed by atoms with Crippen molar-refractivity contribution in [3.8, 4) is 6.07 Å². The fourth-order valence-electron chi connectivity index (χ4n) is 1.07. The van der Waals surface area contributed by atoms with Crippen LogP contribution < -0.4 is 11.3 Å². The summed E-state index contributed by atoms with van der Waals surface area (Å²) < 4.78 is 0. The molecule has 0 saturated carbocycles. The van der Waals surface area contributed by atoms with E-state index in [1.165, 1.54) is 0 Å². The van der Waals surface area contributed by atoms with Crippen LogP contribution in [0.4, 0.5) is 5.95 Å². The monoisotopic (exact) mass is 178 g/mol. The van der Waals surface area contributed by atoms with E-state index >= 15 is 0 Å². The van der Waals surface area contributed by atoms with Crippen molar-refractivity contribution in [3.05, 3.63) is 21.6 Å². The van der Waals surface area contributed by atoms with Gasteiger partial charge in [0.15, 0.2) is 0 Å². The summed E-state index contributed by atoms with van der Waals surface area (Å²) in [5.74, 6) is 0.0625. The maximum atomic E-state index is 11.2. The van der Waals surface area contributed by atoms with Crippen molar-refractivity contribution in [2.45, 2.75) is 19.8 Å². The van der Waals surface area contributed by atoms with Gasteiger partial charge in [-0.2, -0.15) is 5.26 Å². The van der Waals surface area contributed by atoms with E-state index < -0.39 is 5.56 Å². The molecule has 1 aromatic rings. The largest absolute Gasteiger partial charge is 0.369 e. The molecule has 0 radical (unpaired) electrons. The minimum atomic E-state index is -0.460. The Morgan fingerprint density at radius 2 is 2.38 bits per heavy atom. The number of nitrogen functional groups attached to an aromatic ring is 1. The Morgan fingerprint density at radius 3 is 2.92 bits per heavy atom. The summed E-state index contributed by atoms with van der Waals surface area (Å²) in [7, 11) is 0. The number of hydrogen-bond donors (Lipinski definition) is 2. The Balaban J connectivity index is 3.32. The quantitative estimate of drug-likeness (QED) is 0.675. The normalized spacial score (nSPS) is 9.54. The van der Waals surface area contributed by atoms with Crippen molar-refractivity contribution in [1.29, 1.82) is 5.26 Å². The molecule has 1 aromatic heterocycles. The number of aryl methyl sites for hydroxylation is 1. The zero-order chi connectivity index (χ0) is 9.84. The summed E-state index contributed by atoms with van der Waals surface area (Å²) >= 11 is 0. The maximum Gasteiger partial charge on any atom is 0.270 e. The molecule has 0 aliphatic carbocycles. The first-order chi connectivity index (χ1) is 6.19. The van der Waals surface area contributed by atoms with Gasteiger partial charge >= 0.3 is 0 Å². The summed E-state index contributed by atoms with van der Waals surface area (Å²) in [5.41, 5.74) is 5.42. The lowest BCUT2D eigenvalue weighted by Gasteiger charge is -2.00. The van der Waals surface area contributed by atoms with Crippen LogP contribution in [0.1, 0.15) is 24.6 Å². The standard InChI is InChI=1S/C8H10N4O/c1-2-3-6-5(4-9)7(13)12-8(10)11-6/h2-3H2,1H3,(H3,10,11,12,13). The van der Waals surface area contributed by atoms with Gasteiger partial charge < -0.3 is 5.73 Å². The van der Waals surface area contributed by atoms with Crippen LogP contribution in [-0.4, -0.2) is 9.97 Å². The molecule has 0 aromatic carbocycles. The number of nitriles is 1. The molecule has 0 amide bonds. The van der Waals surface area contributed by atoms with Gasteiger partial charge in [-0.05, 0) is 6.42 Å². The minimum absolute atomic E-state index is 0.0625. The van der Waals surface area contributed by atoms with E-state index in [4.69, 9.17) is 11.0 Å². The zero-order valence-electron chi connectivity index (χ0n) is 7.29. The first-order valence-corrected chi connectivity index (χ1v) is 3.97. The van der Waals surface area contributed by atoms with Crippen molar-refractivity contribution >= 4 is 5.95 Å². The van der Waals surface area contributed by atoms with Crippen LogP contribution in [0.25, 0.3) is 0 Å². The average Bonchev–Trinajstić information content (AvgIpc) is 2.04. The van der Waals surface area contributed by atoms with Gasteiger partial charge in [-0.1, -0.05) is 13.3 Å². The molecule has 5 heteroatoms. The number of H-pyrrole nitrogens is 1. The van der Waals surface area contributed by atoms with Crippen LogP contribution in [-0.2, 0) is 6.42 Å². The third-order valence-corrected chi connectivity index (χ3v) is 1.61. The van der Waals surface area contributed by atoms with Crippen LogP contribution in [0, 0.1) is 11.3 Å². The molecular formula is C8H10N4O. The second-order valence-electron chi connectivity index (χ2n) is 2.63. The third-order valence-electron chi connectivity index (χ3n) is 1.61. The Labute approximate surface area is 75.2 Å². The lowest BCUT2D eigenvalue weighted by atomic mass is 10.1. The van der Waals surface area contributed by atoms with Crippen LogP contribution in [0.15, 0.2) is 4.79 Å². The highest BCUT2D eigenvalue weighted by Crippen LogP contribution is 2.03. The van der Waals surface area contributed by atoms with Gasteiger partial charge in [-0.15, -0.1) is 0 Å². The van der Waals surface area contributed by atoms with Crippen molar-refractivity contribution < 1.29 is 0 Å². The molecule has 0 spiro atoms. The molecule has 0 unspecified atom stereocenters. The number of aromatic amines is 1. The van der Waals surface area contributed by atoms with Crippen LogP contribution in [0.5, 0.6) is 0 Å². The van der Waals surface area contributed by atoms with E-state index in [9.17, 15) is 4.79 Å². The van der Waals surface area contributed by atoms with Crippen molar-refractivity contribution in [2.75, 3.05) is 5.73 Å². The summed E-state index contributed by atoms with van der Waals surface area (Å²) in [4.78, 5) is 17.3. The SMILES string of the molecule is CCCc1nc(N)[nH]c(=O)c1C#N. The van der Waals surface area contributed by atoms with Crippen LogP contribution >= 0.6 is 0 Å². The fraction of sp³-hybridized carbons (Fsp3) is 0.375. The predicted octanol–water partition coefficient (Wildman–Crippen LogP) is 0.176. The maximum absolute atomic E-state index is 11.2. The molecule has 0 aliphatic rings. The Kier molecular flexibility index (Phi) is 2.65. The number of nitrogens with zero attached hydrogens (tertiary/aromatic N) is 2. The van der Waals surface area contributed by atoms with Gasteiger partial charge in [0.1, 0.15) is 11.6 Å². The highest BCUT2D eigenvalue weighted by Gasteiger charge is 2.08. The number of rotatable bonds is 2. The predicted molar refractivity (Wildman–Crippen MR) is 48.0 cm³/mol. The molecule has 0 aliphatic heterocycles. The van der Waals surface area contributed by atoms with Gasteiger partial charge in [0.2, 0.25) is 5.95 Å². The molecule has 0 bridgehead atoms. The van der Waals surface area contributed by atoms with Gasteiger partial charge in [0.05, 0.1) is 5.69 Å². The third kappa shape index (κ3) is 1.85. The van der Waals surface area contributed by atoms with Gasteiger partial charge in [0, 0.05) is 0 Å². The highest BCUT2D eigenvalue weighted by atomic mass is 16.1. The molecule has 1 heterocycles. The smallest absolute Gasteiger partial charge is 0.270 e. The minimum Gasteiger partial charge on any atom is -0.369 e. The van der Waals surface area contributed by atoms with Crippen molar-refractivity contribution in [2.24, 2.45) is 0 Å². The number of nitrogens with two attached hydrogens (primary N) is 1. The van der Waals surface area contributed by atoms with Crippen molar-refractivity contribution in [3.63, 3.8) is 0 Å². The first kappa shape index (κ1) is 9.26. The van der Waals surface area contributed by atoms with Gasteiger partial charge in [0.25, 0.3) is 5.56 Å². The highest BCUT2D eigenvalue weighted by molar-refractivity contribution is 5.34. The zero-order valence-corrected chi connectivity index (χ0v) is 7.29. The molecule has 13 heavy (non-hydrogen) atoms. The average molecular weight is 178 g/mol. The summed E-state index contributed by atoms with van der Waals surface area (Å²) in [5, 5.41) is 8.67. The fourth-order valence-corrected chi connectivity index (χ4v) is 1.07. The Hall–Kier alpha value is -1.83. The summed E-state index contributed by atoms with van der Waals surface area (Å²) in [6.07, 6.45) is 1.42. The van der Waals surface area contributed by atoms with Crippen molar-refractivity contribution in [1.82, 2.24) is 9.97 Å². The van der Waals surface area contributed by atoms with E-state index in [2.05, 4.69) is 9.97 Å². The van der Waals surface area contributed by atoms with E-state index in [0.717, 1.165) is 6.42 Å². The second kappa shape index (κ2) is 3.72. The van der Waals surface area contributed by atoms with E-state index in [0.29, 0.717) is 12.1 Å².